The smallest absolute Gasteiger partial charge is 0.357 e. The van der Waals surface area contributed by atoms with Crippen LogP contribution in [-0.4, -0.2) is 28.2 Å². The maximum atomic E-state index is 12.9. The third-order valence-electron chi connectivity index (χ3n) is 3.58. The van der Waals surface area contributed by atoms with Crippen LogP contribution in [-0.2, 0) is 6.18 Å². The van der Waals surface area contributed by atoms with Crippen LogP contribution in [0, 0.1) is 0 Å². The number of hydrogen-bond acceptors (Lipinski definition) is 7. The average Bonchev–Trinajstić information content (AvgIpc) is 2.69. The largest absolute Gasteiger partial charge is 0.416 e. The number of benzene rings is 2. The number of rotatable bonds is 6. The van der Waals surface area contributed by atoms with Crippen LogP contribution < -0.4 is 16.1 Å². The minimum atomic E-state index is -4.45. The normalized spacial score (nSPS) is 11.1. The van der Waals surface area contributed by atoms with Gasteiger partial charge < -0.3 is 10.6 Å². The number of halogens is 5. The highest BCUT2D eigenvalue weighted by Gasteiger charge is 2.30. The van der Waals surface area contributed by atoms with Gasteiger partial charge in [-0.15, -0.1) is 12.4 Å². The van der Waals surface area contributed by atoms with Gasteiger partial charge in [0.25, 0.3) is 0 Å². The van der Waals surface area contributed by atoms with Crippen molar-refractivity contribution in [1.82, 2.24) is 15.0 Å². The van der Waals surface area contributed by atoms with Crippen LogP contribution in [0.15, 0.2) is 53.6 Å². The van der Waals surface area contributed by atoms with E-state index in [1.54, 1.807) is 25.2 Å². The molecule has 7 nitrogen and oxygen atoms in total. The summed E-state index contributed by atoms with van der Waals surface area (Å²) >= 11 is 6.05. The second kappa shape index (κ2) is 10.1. The highest BCUT2D eigenvalue weighted by molar-refractivity contribution is 6.33. The number of hydrazone groups is 1. The molecule has 0 amide bonds. The summed E-state index contributed by atoms with van der Waals surface area (Å²) in [6.45, 7) is 0. The van der Waals surface area contributed by atoms with E-state index >= 15 is 0 Å². The van der Waals surface area contributed by atoms with E-state index in [0.717, 1.165) is 12.1 Å². The van der Waals surface area contributed by atoms with Gasteiger partial charge in [0.15, 0.2) is 0 Å². The van der Waals surface area contributed by atoms with Crippen LogP contribution in [0.25, 0.3) is 0 Å². The third kappa shape index (κ3) is 6.19. The Morgan fingerprint density at radius 2 is 1.67 bits per heavy atom. The van der Waals surface area contributed by atoms with Crippen molar-refractivity contribution in [3.05, 3.63) is 64.7 Å². The monoisotopic (exact) mass is 457 g/mol. The number of aromatic nitrogens is 3. The quantitative estimate of drug-likeness (QED) is 0.348. The van der Waals surface area contributed by atoms with Gasteiger partial charge in [0.05, 0.1) is 11.8 Å². The summed E-state index contributed by atoms with van der Waals surface area (Å²) in [4.78, 5) is 12.3. The zero-order valence-corrected chi connectivity index (χ0v) is 17.0. The van der Waals surface area contributed by atoms with Gasteiger partial charge in [-0.25, -0.2) is 5.43 Å². The fourth-order valence-corrected chi connectivity index (χ4v) is 2.42. The molecular formula is C18H16Cl2F3N7. The second-order valence-electron chi connectivity index (χ2n) is 5.65. The molecule has 0 bridgehead atoms. The van der Waals surface area contributed by atoms with Crippen LogP contribution in [0.3, 0.4) is 0 Å². The molecular weight excluding hydrogens is 442 g/mol. The number of nitrogens with one attached hydrogen (secondary N) is 3. The number of anilines is 4. The summed E-state index contributed by atoms with van der Waals surface area (Å²) in [5.41, 5.74) is 2.73. The lowest BCUT2D eigenvalue weighted by Gasteiger charge is -2.11. The Bertz CT molecular complexity index is 1030. The Morgan fingerprint density at radius 3 is 2.37 bits per heavy atom. The molecule has 1 aromatic heterocycles. The third-order valence-corrected chi connectivity index (χ3v) is 3.92. The number of nitrogens with zero attached hydrogens (tertiary/aromatic N) is 4. The molecule has 0 fully saturated rings. The topological polar surface area (TPSA) is 87.1 Å². The van der Waals surface area contributed by atoms with Crippen molar-refractivity contribution in [1.29, 1.82) is 0 Å². The fourth-order valence-electron chi connectivity index (χ4n) is 2.24. The van der Waals surface area contributed by atoms with Gasteiger partial charge >= 0.3 is 6.18 Å². The fraction of sp³-hybridized carbons (Fsp3) is 0.111. The predicted octanol–water partition coefficient (Wildman–Crippen LogP) is 5.20. The van der Waals surface area contributed by atoms with E-state index in [-0.39, 0.29) is 35.9 Å². The van der Waals surface area contributed by atoms with E-state index in [2.05, 4.69) is 36.1 Å². The van der Waals surface area contributed by atoms with Gasteiger partial charge in [0.1, 0.15) is 0 Å². The van der Waals surface area contributed by atoms with Crippen molar-refractivity contribution in [3.8, 4) is 0 Å². The Balaban J connectivity index is 0.00000320. The molecule has 0 saturated carbocycles. The summed E-state index contributed by atoms with van der Waals surface area (Å²) in [6.07, 6.45) is -2.96. The Labute approximate surface area is 181 Å². The molecule has 30 heavy (non-hydrogen) atoms. The van der Waals surface area contributed by atoms with Gasteiger partial charge in [0, 0.05) is 23.3 Å². The van der Waals surface area contributed by atoms with Gasteiger partial charge in [-0.05, 0) is 24.3 Å². The first kappa shape index (κ1) is 23.2. The molecule has 0 spiro atoms. The number of alkyl halides is 3. The van der Waals surface area contributed by atoms with Gasteiger partial charge in [0.2, 0.25) is 17.8 Å². The summed E-state index contributed by atoms with van der Waals surface area (Å²) in [5, 5.41) is 10.0. The molecule has 0 unspecified atom stereocenters. The molecule has 158 valence electrons. The molecule has 3 rings (SSSR count). The predicted molar refractivity (Wildman–Crippen MR) is 114 cm³/mol. The summed E-state index contributed by atoms with van der Waals surface area (Å²) in [6, 6.07) is 11.8. The minimum absolute atomic E-state index is 0. The Morgan fingerprint density at radius 1 is 0.967 bits per heavy atom. The van der Waals surface area contributed by atoms with Crippen LogP contribution in [0.4, 0.5) is 36.7 Å². The second-order valence-corrected chi connectivity index (χ2v) is 6.06. The SMILES string of the molecule is CNc1nc(N/N=C/c2ccccc2Cl)nc(Nc2cccc(C(F)(F)F)c2)n1.Cl. The maximum Gasteiger partial charge on any atom is 0.416 e. The molecule has 3 N–H and O–H groups in total. The van der Waals surface area contributed by atoms with E-state index in [9.17, 15) is 13.2 Å². The zero-order chi connectivity index (χ0) is 20.9. The van der Waals surface area contributed by atoms with Crippen LogP contribution in [0.1, 0.15) is 11.1 Å². The standard InChI is InChI=1S/C18H15ClF3N7.ClH/c1-23-15-26-16(25-13-7-4-6-12(9-13)18(20,21)22)28-17(27-15)29-24-10-11-5-2-3-8-14(11)19;/h2-10H,1H3,(H3,23,25,26,27,28,29);1H/b24-10+;. The van der Waals surface area contributed by atoms with Crippen molar-refractivity contribution in [2.24, 2.45) is 5.10 Å². The lowest BCUT2D eigenvalue weighted by molar-refractivity contribution is -0.137. The molecule has 12 heteroatoms. The van der Waals surface area contributed by atoms with E-state index in [1.165, 1.54) is 18.3 Å². The molecule has 0 saturated heterocycles. The van der Waals surface area contributed by atoms with Gasteiger partial charge in [-0.3, -0.25) is 0 Å². The van der Waals surface area contributed by atoms with E-state index in [1.807, 2.05) is 6.07 Å². The first-order valence-corrected chi connectivity index (χ1v) is 8.64. The van der Waals surface area contributed by atoms with Crippen molar-refractivity contribution >= 4 is 53.8 Å². The molecule has 0 atom stereocenters. The molecule has 0 aliphatic rings. The van der Waals surface area contributed by atoms with E-state index < -0.39 is 11.7 Å². The highest BCUT2D eigenvalue weighted by atomic mass is 35.5. The van der Waals surface area contributed by atoms with Crippen molar-refractivity contribution in [2.75, 3.05) is 23.1 Å². The lowest BCUT2D eigenvalue weighted by atomic mass is 10.2. The Kier molecular flexibility index (Phi) is 7.79. The molecule has 1 heterocycles. The average molecular weight is 458 g/mol. The molecule has 0 aliphatic heterocycles. The molecule has 2 aromatic carbocycles. The van der Waals surface area contributed by atoms with Crippen LogP contribution in [0.2, 0.25) is 5.02 Å². The number of hydrogen-bond donors (Lipinski definition) is 3. The molecule has 3 aromatic rings. The van der Waals surface area contributed by atoms with Crippen LogP contribution >= 0.6 is 24.0 Å². The lowest BCUT2D eigenvalue weighted by Crippen LogP contribution is -2.08. The molecule has 0 radical (unpaired) electrons. The van der Waals surface area contributed by atoms with E-state index in [0.29, 0.717) is 10.6 Å². The molecule has 0 aliphatic carbocycles. The first-order valence-electron chi connectivity index (χ1n) is 8.27. The summed E-state index contributed by atoms with van der Waals surface area (Å²) in [5.74, 6) is 0.325. The zero-order valence-electron chi connectivity index (χ0n) is 15.4. The van der Waals surface area contributed by atoms with Gasteiger partial charge in [-0.1, -0.05) is 35.9 Å². The Hall–Kier alpha value is -3.11. The van der Waals surface area contributed by atoms with E-state index in [4.69, 9.17) is 11.6 Å². The maximum absolute atomic E-state index is 12.9. The summed E-state index contributed by atoms with van der Waals surface area (Å²) in [7, 11) is 1.60. The van der Waals surface area contributed by atoms with Crippen molar-refractivity contribution in [2.45, 2.75) is 6.18 Å². The van der Waals surface area contributed by atoms with Crippen molar-refractivity contribution < 1.29 is 13.2 Å². The highest BCUT2D eigenvalue weighted by Crippen LogP contribution is 2.31. The van der Waals surface area contributed by atoms with Gasteiger partial charge in [-0.2, -0.15) is 33.2 Å². The minimum Gasteiger partial charge on any atom is -0.357 e. The van der Waals surface area contributed by atoms with Crippen molar-refractivity contribution in [3.63, 3.8) is 0 Å². The first-order chi connectivity index (χ1) is 13.8. The van der Waals surface area contributed by atoms with Crippen LogP contribution in [0.5, 0.6) is 0 Å². The summed E-state index contributed by atoms with van der Waals surface area (Å²) < 4.78 is 38.6.